The predicted octanol–water partition coefficient (Wildman–Crippen LogP) is 3.99. The minimum atomic E-state index is -0.440. The molecule has 2 aromatic carbocycles. The third kappa shape index (κ3) is 4.15. The monoisotopic (exact) mass is 370 g/mol. The van der Waals surface area contributed by atoms with Gasteiger partial charge in [0.2, 0.25) is 0 Å². The maximum absolute atomic E-state index is 12.5. The van der Waals surface area contributed by atoms with Gasteiger partial charge in [0.05, 0.1) is 7.11 Å². The van der Waals surface area contributed by atoms with Gasteiger partial charge in [-0.05, 0) is 35.9 Å². The number of ether oxygens (including phenoxy) is 1. The van der Waals surface area contributed by atoms with Gasteiger partial charge in [0, 0.05) is 30.2 Å². The van der Waals surface area contributed by atoms with E-state index in [-0.39, 0.29) is 6.03 Å². The summed E-state index contributed by atoms with van der Waals surface area (Å²) in [6.07, 6.45) is 3.53. The lowest BCUT2D eigenvalue weighted by atomic mass is 10.1. The minimum Gasteiger partial charge on any atom is -0.497 e. The average molecular weight is 371 g/mol. The Hall–Kier alpha value is -2.99. The molecule has 1 atom stereocenters. The van der Waals surface area contributed by atoms with Crippen LogP contribution in [0.15, 0.2) is 60.9 Å². The molecule has 0 fully saturated rings. The quantitative estimate of drug-likeness (QED) is 0.713. The van der Waals surface area contributed by atoms with Gasteiger partial charge in [-0.2, -0.15) is 0 Å². The molecule has 26 heavy (non-hydrogen) atoms. The zero-order valence-corrected chi connectivity index (χ0v) is 15.2. The van der Waals surface area contributed by atoms with Crippen molar-refractivity contribution in [2.75, 3.05) is 12.4 Å². The molecule has 0 radical (unpaired) electrons. The predicted molar refractivity (Wildman–Crippen MR) is 102 cm³/mol. The second-order valence-corrected chi connectivity index (χ2v) is 6.15. The largest absolute Gasteiger partial charge is 0.497 e. The Morgan fingerprint density at radius 2 is 2.04 bits per heavy atom. The summed E-state index contributed by atoms with van der Waals surface area (Å²) in [5.74, 6) is 1.42. The summed E-state index contributed by atoms with van der Waals surface area (Å²) in [6, 6.07) is 13.7. The Morgan fingerprint density at radius 1 is 1.23 bits per heavy atom. The number of urea groups is 1. The van der Waals surface area contributed by atoms with Crippen LogP contribution >= 0.6 is 11.6 Å². The molecule has 0 spiro atoms. The number of nitrogens with one attached hydrogen (secondary N) is 2. The summed E-state index contributed by atoms with van der Waals surface area (Å²) < 4.78 is 7.16. The first kappa shape index (κ1) is 17.8. The van der Waals surface area contributed by atoms with Crippen LogP contribution in [0.3, 0.4) is 0 Å². The van der Waals surface area contributed by atoms with Crippen molar-refractivity contribution in [3.05, 3.63) is 77.3 Å². The van der Waals surface area contributed by atoms with E-state index < -0.39 is 6.04 Å². The maximum atomic E-state index is 12.5. The lowest BCUT2D eigenvalue weighted by Gasteiger charge is -2.20. The highest BCUT2D eigenvalue weighted by Gasteiger charge is 2.21. The Morgan fingerprint density at radius 3 is 2.73 bits per heavy atom. The molecule has 0 bridgehead atoms. The van der Waals surface area contributed by atoms with E-state index >= 15 is 0 Å². The summed E-state index contributed by atoms with van der Waals surface area (Å²) in [5, 5.41) is 6.31. The molecular formula is C19H19ClN4O2. The summed E-state index contributed by atoms with van der Waals surface area (Å²) in [6.45, 7) is 0. The average Bonchev–Trinajstić information content (AvgIpc) is 3.05. The fourth-order valence-electron chi connectivity index (χ4n) is 2.64. The molecule has 0 aliphatic rings. The van der Waals surface area contributed by atoms with Crippen molar-refractivity contribution in [3.63, 3.8) is 0 Å². The van der Waals surface area contributed by atoms with Gasteiger partial charge in [0.15, 0.2) is 0 Å². The first-order valence-corrected chi connectivity index (χ1v) is 8.39. The summed E-state index contributed by atoms with van der Waals surface area (Å²) in [7, 11) is 3.49. The van der Waals surface area contributed by atoms with E-state index in [0.29, 0.717) is 22.3 Å². The third-order valence-electron chi connectivity index (χ3n) is 3.90. The van der Waals surface area contributed by atoms with E-state index in [9.17, 15) is 4.79 Å². The van der Waals surface area contributed by atoms with Crippen LogP contribution in [0.2, 0.25) is 5.02 Å². The number of hydrogen-bond donors (Lipinski definition) is 2. The molecular weight excluding hydrogens is 352 g/mol. The van der Waals surface area contributed by atoms with E-state index in [1.165, 1.54) is 0 Å². The number of rotatable bonds is 5. The van der Waals surface area contributed by atoms with Crippen molar-refractivity contribution in [1.82, 2.24) is 14.9 Å². The Balaban J connectivity index is 1.86. The van der Waals surface area contributed by atoms with Crippen molar-refractivity contribution in [1.29, 1.82) is 0 Å². The first-order valence-electron chi connectivity index (χ1n) is 8.01. The Labute approximate surface area is 156 Å². The molecule has 1 heterocycles. The van der Waals surface area contributed by atoms with Crippen LogP contribution < -0.4 is 15.4 Å². The van der Waals surface area contributed by atoms with Gasteiger partial charge in [-0.3, -0.25) is 0 Å². The zero-order chi connectivity index (χ0) is 18.5. The van der Waals surface area contributed by atoms with Gasteiger partial charge < -0.3 is 19.9 Å². The Kier molecular flexibility index (Phi) is 5.43. The lowest BCUT2D eigenvalue weighted by Crippen LogP contribution is -2.34. The summed E-state index contributed by atoms with van der Waals surface area (Å²) in [5.41, 5.74) is 1.47. The molecule has 7 heteroatoms. The van der Waals surface area contributed by atoms with Crippen molar-refractivity contribution in [2.24, 2.45) is 7.05 Å². The van der Waals surface area contributed by atoms with E-state index in [4.69, 9.17) is 16.3 Å². The van der Waals surface area contributed by atoms with Crippen LogP contribution in [0.5, 0.6) is 5.75 Å². The van der Waals surface area contributed by atoms with Crippen molar-refractivity contribution in [2.45, 2.75) is 6.04 Å². The van der Waals surface area contributed by atoms with Crippen LogP contribution in [0.25, 0.3) is 0 Å². The number of anilines is 1. The topological polar surface area (TPSA) is 68.2 Å². The summed E-state index contributed by atoms with van der Waals surface area (Å²) >= 11 is 5.97. The number of aromatic nitrogens is 2. The molecule has 0 saturated heterocycles. The first-order chi connectivity index (χ1) is 12.6. The molecule has 3 rings (SSSR count). The number of carbonyl (C=O) groups excluding carboxylic acids is 1. The van der Waals surface area contributed by atoms with Gasteiger partial charge in [-0.15, -0.1) is 0 Å². The number of nitrogens with zero attached hydrogens (tertiary/aromatic N) is 2. The van der Waals surface area contributed by atoms with Crippen LogP contribution in [0, 0.1) is 0 Å². The van der Waals surface area contributed by atoms with E-state index in [1.807, 2.05) is 42.1 Å². The molecule has 0 unspecified atom stereocenters. The second kappa shape index (κ2) is 7.93. The molecule has 0 saturated carbocycles. The van der Waals surface area contributed by atoms with Crippen LogP contribution in [-0.2, 0) is 7.05 Å². The number of aryl methyl sites for hydroxylation is 1. The standard InChI is InChI=1S/C19H19ClN4O2/c1-24-10-9-21-18(24)17(13-5-3-8-16(11-13)26-2)23-19(25)22-15-7-4-6-14(20)12-15/h3-12,17H,1-2H3,(H2,22,23,25)/t17-/m0/s1. The molecule has 3 aromatic rings. The van der Waals surface area contributed by atoms with Gasteiger partial charge in [0.1, 0.15) is 17.6 Å². The molecule has 0 aliphatic carbocycles. The second-order valence-electron chi connectivity index (χ2n) is 5.71. The number of benzene rings is 2. The minimum absolute atomic E-state index is 0.358. The number of methoxy groups -OCH3 is 1. The van der Waals surface area contributed by atoms with E-state index in [1.54, 1.807) is 37.6 Å². The smallest absolute Gasteiger partial charge is 0.320 e. The number of hydrogen-bond acceptors (Lipinski definition) is 3. The molecule has 1 aromatic heterocycles. The zero-order valence-electron chi connectivity index (χ0n) is 14.4. The number of imidazole rings is 1. The van der Waals surface area contributed by atoms with Crippen LogP contribution in [-0.4, -0.2) is 22.7 Å². The van der Waals surface area contributed by atoms with Crippen LogP contribution in [0.4, 0.5) is 10.5 Å². The highest BCUT2D eigenvalue weighted by atomic mass is 35.5. The molecule has 134 valence electrons. The third-order valence-corrected chi connectivity index (χ3v) is 4.14. The molecule has 6 nitrogen and oxygen atoms in total. The van der Waals surface area contributed by atoms with Crippen molar-refractivity contribution in [3.8, 4) is 5.75 Å². The maximum Gasteiger partial charge on any atom is 0.320 e. The fourth-order valence-corrected chi connectivity index (χ4v) is 2.83. The van der Waals surface area contributed by atoms with Crippen molar-refractivity contribution >= 4 is 23.3 Å². The SMILES string of the molecule is COc1cccc([C@H](NC(=O)Nc2cccc(Cl)c2)c2nccn2C)c1. The fraction of sp³-hybridized carbons (Fsp3) is 0.158. The van der Waals surface area contributed by atoms with Gasteiger partial charge in [-0.25, -0.2) is 9.78 Å². The van der Waals surface area contributed by atoms with E-state index in [2.05, 4.69) is 15.6 Å². The van der Waals surface area contributed by atoms with Gasteiger partial charge in [-0.1, -0.05) is 29.8 Å². The van der Waals surface area contributed by atoms with Crippen LogP contribution in [0.1, 0.15) is 17.4 Å². The highest BCUT2D eigenvalue weighted by molar-refractivity contribution is 6.30. The Bertz CT molecular complexity index is 910. The van der Waals surface area contributed by atoms with Gasteiger partial charge in [0.25, 0.3) is 0 Å². The van der Waals surface area contributed by atoms with Gasteiger partial charge >= 0.3 is 6.03 Å². The number of halogens is 1. The lowest BCUT2D eigenvalue weighted by molar-refractivity contribution is 0.249. The number of amides is 2. The number of carbonyl (C=O) groups is 1. The molecule has 2 N–H and O–H groups in total. The van der Waals surface area contributed by atoms with E-state index in [0.717, 1.165) is 5.56 Å². The molecule has 0 aliphatic heterocycles. The highest BCUT2D eigenvalue weighted by Crippen LogP contribution is 2.24. The molecule has 2 amide bonds. The summed E-state index contributed by atoms with van der Waals surface area (Å²) in [4.78, 5) is 16.9. The van der Waals surface area contributed by atoms with Crippen molar-refractivity contribution < 1.29 is 9.53 Å². The normalized spacial score (nSPS) is 11.7.